The number of amides is 1. The molecule has 2 aliphatic heterocycles. The van der Waals surface area contributed by atoms with Crippen LogP contribution < -0.4 is 10.6 Å². The van der Waals surface area contributed by atoms with Gasteiger partial charge >= 0.3 is 0 Å². The molecule has 0 spiro atoms. The second-order valence-corrected chi connectivity index (χ2v) is 8.02. The number of rotatable bonds is 5. The van der Waals surface area contributed by atoms with Crippen molar-refractivity contribution in [3.8, 4) is 0 Å². The van der Waals surface area contributed by atoms with Gasteiger partial charge in [0.1, 0.15) is 0 Å². The Morgan fingerprint density at radius 3 is 2.68 bits per heavy atom. The molecule has 2 rings (SSSR count). The minimum absolute atomic E-state index is 0.0190. The van der Waals surface area contributed by atoms with Crippen LogP contribution in [0.2, 0.25) is 0 Å². The summed E-state index contributed by atoms with van der Waals surface area (Å²) in [4.78, 5) is 11.7. The van der Waals surface area contributed by atoms with Gasteiger partial charge in [-0.3, -0.25) is 4.79 Å². The van der Waals surface area contributed by atoms with E-state index in [1.54, 1.807) is 0 Å². The van der Waals surface area contributed by atoms with Crippen LogP contribution in [0.1, 0.15) is 44.9 Å². The molecule has 2 aliphatic rings. The molecular formula is C13H24N2O3S. The fourth-order valence-electron chi connectivity index (χ4n) is 2.88. The van der Waals surface area contributed by atoms with E-state index in [0.29, 0.717) is 25.4 Å². The molecule has 2 unspecified atom stereocenters. The van der Waals surface area contributed by atoms with Gasteiger partial charge in [-0.15, -0.1) is 0 Å². The van der Waals surface area contributed by atoms with Gasteiger partial charge in [-0.25, -0.2) is 8.42 Å². The number of piperidine rings is 1. The summed E-state index contributed by atoms with van der Waals surface area (Å²) in [7, 11) is -2.95. The standard InChI is InChI=1S/C13H24N2O3S/c16-13(7-6-11-4-1-2-8-14-11)15-10-12-5-3-9-19(12,17)18/h11-12,14H,1-10H2,(H,15,16). The first-order valence-corrected chi connectivity index (χ1v) is 9.01. The maximum atomic E-state index is 11.7. The highest BCUT2D eigenvalue weighted by molar-refractivity contribution is 7.92. The minimum atomic E-state index is -2.95. The van der Waals surface area contributed by atoms with Crippen molar-refractivity contribution in [3.63, 3.8) is 0 Å². The second kappa shape index (κ2) is 6.70. The first-order valence-electron chi connectivity index (χ1n) is 7.29. The summed E-state index contributed by atoms with van der Waals surface area (Å²) >= 11 is 0. The molecule has 0 aromatic heterocycles. The van der Waals surface area contributed by atoms with Gasteiger partial charge in [0.05, 0.1) is 11.0 Å². The first kappa shape index (κ1) is 14.8. The molecule has 0 aromatic carbocycles. The zero-order valence-corrected chi connectivity index (χ0v) is 12.2. The van der Waals surface area contributed by atoms with Crippen LogP contribution in [0.3, 0.4) is 0 Å². The quantitative estimate of drug-likeness (QED) is 0.777. The van der Waals surface area contributed by atoms with Crippen molar-refractivity contribution >= 4 is 15.7 Å². The lowest BCUT2D eigenvalue weighted by Crippen LogP contribution is -2.37. The van der Waals surface area contributed by atoms with Gasteiger partial charge in [-0.1, -0.05) is 6.42 Å². The van der Waals surface area contributed by atoms with E-state index in [1.807, 2.05) is 0 Å². The average molecular weight is 288 g/mol. The van der Waals surface area contributed by atoms with E-state index in [4.69, 9.17) is 0 Å². The van der Waals surface area contributed by atoms with E-state index in [-0.39, 0.29) is 16.9 Å². The van der Waals surface area contributed by atoms with E-state index in [0.717, 1.165) is 25.8 Å². The number of carbonyl (C=O) groups is 1. The lowest BCUT2D eigenvalue weighted by atomic mass is 10.0. The Kier molecular flexibility index (Phi) is 5.21. The van der Waals surface area contributed by atoms with E-state index < -0.39 is 9.84 Å². The van der Waals surface area contributed by atoms with E-state index >= 15 is 0 Å². The first-order chi connectivity index (χ1) is 9.08. The van der Waals surface area contributed by atoms with Gasteiger partial charge in [-0.05, 0) is 38.6 Å². The third-order valence-corrected chi connectivity index (χ3v) is 6.40. The van der Waals surface area contributed by atoms with Crippen molar-refractivity contribution in [2.24, 2.45) is 0 Å². The number of hydrogen-bond donors (Lipinski definition) is 2. The molecule has 2 fully saturated rings. The van der Waals surface area contributed by atoms with Gasteiger partial charge in [0.2, 0.25) is 5.91 Å². The van der Waals surface area contributed by atoms with Gasteiger partial charge in [-0.2, -0.15) is 0 Å². The average Bonchev–Trinajstić information content (AvgIpc) is 2.74. The molecule has 2 heterocycles. The number of carbonyl (C=O) groups excluding carboxylic acids is 1. The Bertz CT molecular complexity index is 402. The van der Waals surface area contributed by atoms with Crippen molar-refractivity contribution in [2.45, 2.75) is 56.2 Å². The van der Waals surface area contributed by atoms with Crippen LogP contribution in [-0.4, -0.2) is 44.5 Å². The van der Waals surface area contributed by atoms with Crippen LogP contribution in [-0.2, 0) is 14.6 Å². The summed E-state index contributed by atoms with van der Waals surface area (Å²) in [6.07, 6.45) is 6.36. The molecule has 1 amide bonds. The molecule has 6 heteroatoms. The molecule has 2 saturated heterocycles. The topological polar surface area (TPSA) is 75.3 Å². The molecule has 2 atom stereocenters. The summed E-state index contributed by atoms with van der Waals surface area (Å²) in [5, 5.41) is 5.83. The highest BCUT2D eigenvalue weighted by Crippen LogP contribution is 2.19. The van der Waals surface area contributed by atoms with Gasteiger partial charge < -0.3 is 10.6 Å². The van der Waals surface area contributed by atoms with Gasteiger partial charge in [0.25, 0.3) is 0 Å². The molecular weight excluding hydrogens is 264 g/mol. The lowest BCUT2D eigenvalue weighted by molar-refractivity contribution is -0.121. The van der Waals surface area contributed by atoms with Crippen LogP contribution in [0, 0.1) is 0 Å². The zero-order valence-electron chi connectivity index (χ0n) is 11.4. The molecule has 2 N–H and O–H groups in total. The van der Waals surface area contributed by atoms with Gasteiger partial charge in [0.15, 0.2) is 9.84 Å². The van der Waals surface area contributed by atoms with Crippen LogP contribution >= 0.6 is 0 Å². The molecule has 19 heavy (non-hydrogen) atoms. The van der Waals surface area contributed by atoms with Gasteiger partial charge in [0, 0.05) is 19.0 Å². The summed E-state index contributed by atoms with van der Waals surface area (Å²) < 4.78 is 23.2. The van der Waals surface area contributed by atoms with Crippen LogP contribution in [0.5, 0.6) is 0 Å². The summed E-state index contributed by atoms with van der Waals surface area (Å²) in [5.74, 6) is 0.258. The van der Waals surface area contributed by atoms with Crippen LogP contribution in [0.25, 0.3) is 0 Å². The Balaban J connectivity index is 1.64. The fraction of sp³-hybridized carbons (Fsp3) is 0.923. The molecule has 0 radical (unpaired) electrons. The van der Waals surface area contributed by atoms with Crippen molar-refractivity contribution in [1.29, 1.82) is 0 Å². The highest BCUT2D eigenvalue weighted by Gasteiger charge is 2.31. The SMILES string of the molecule is O=C(CCC1CCCCN1)NCC1CCCS1(=O)=O. The largest absolute Gasteiger partial charge is 0.355 e. The predicted molar refractivity (Wildman–Crippen MR) is 74.7 cm³/mol. The van der Waals surface area contributed by atoms with Crippen molar-refractivity contribution < 1.29 is 13.2 Å². The molecule has 0 aromatic rings. The smallest absolute Gasteiger partial charge is 0.220 e. The van der Waals surface area contributed by atoms with E-state index in [9.17, 15) is 13.2 Å². The summed E-state index contributed by atoms with van der Waals surface area (Å²) in [6, 6.07) is 0.453. The maximum Gasteiger partial charge on any atom is 0.220 e. The normalized spacial score (nSPS) is 30.1. The number of nitrogens with one attached hydrogen (secondary N) is 2. The summed E-state index contributed by atoms with van der Waals surface area (Å²) in [6.45, 7) is 1.34. The predicted octanol–water partition coefficient (Wildman–Crippen LogP) is 0.602. The Morgan fingerprint density at radius 2 is 2.05 bits per heavy atom. The van der Waals surface area contributed by atoms with Crippen molar-refractivity contribution in [1.82, 2.24) is 10.6 Å². The molecule has 0 saturated carbocycles. The Hall–Kier alpha value is -0.620. The molecule has 0 bridgehead atoms. The van der Waals surface area contributed by atoms with E-state index in [1.165, 1.54) is 12.8 Å². The molecule has 5 nitrogen and oxygen atoms in total. The number of hydrogen-bond acceptors (Lipinski definition) is 4. The van der Waals surface area contributed by atoms with Crippen molar-refractivity contribution in [3.05, 3.63) is 0 Å². The number of sulfone groups is 1. The van der Waals surface area contributed by atoms with E-state index in [2.05, 4.69) is 10.6 Å². The minimum Gasteiger partial charge on any atom is -0.355 e. The molecule has 0 aliphatic carbocycles. The molecule has 110 valence electrons. The summed E-state index contributed by atoms with van der Waals surface area (Å²) in [5.41, 5.74) is 0. The Labute approximate surface area is 115 Å². The zero-order chi connectivity index (χ0) is 13.7. The lowest BCUT2D eigenvalue weighted by Gasteiger charge is -2.23. The third kappa shape index (κ3) is 4.45. The van der Waals surface area contributed by atoms with Crippen LogP contribution in [0.4, 0.5) is 0 Å². The monoisotopic (exact) mass is 288 g/mol. The highest BCUT2D eigenvalue weighted by atomic mass is 32.2. The fourth-order valence-corrected chi connectivity index (χ4v) is 4.64. The van der Waals surface area contributed by atoms with Crippen LogP contribution in [0.15, 0.2) is 0 Å². The third-order valence-electron chi connectivity index (χ3n) is 4.12. The van der Waals surface area contributed by atoms with Crippen molar-refractivity contribution in [2.75, 3.05) is 18.8 Å². The maximum absolute atomic E-state index is 11.7. The Morgan fingerprint density at radius 1 is 1.21 bits per heavy atom. The second-order valence-electron chi connectivity index (χ2n) is 5.62.